The van der Waals surface area contributed by atoms with Crippen molar-refractivity contribution in [1.29, 1.82) is 0 Å². The molecule has 2 atom stereocenters. The summed E-state index contributed by atoms with van der Waals surface area (Å²) >= 11 is 0. The van der Waals surface area contributed by atoms with E-state index < -0.39 is 5.60 Å². The summed E-state index contributed by atoms with van der Waals surface area (Å²) in [5.74, 6) is 0.614. The third-order valence-electron chi connectivity index (χ3n) is 3.65. The molecular formula is C18H30N2O2. The Kier molecular flexibility index (Phi) is 6.72. The second-order valence-corrected chi connectivity index (χ2v) is 6.87. The van der Waals surface area contributed by atoms with Crippen LogP contribution in [0.3, 0.4) is 0 Å². The normalized spacial score (nSPS) is 14.1. The van der Waals surface area contributed by atoms with Gasteiger partial charge in [0.15, 0.2) is 0 Å². The molecule has 22 heavy (non-hydrogen) atoms. The first kappa shape index (κ1) is 18.3. The van der Waals surface area contributed by atoms with Gasteiger partial charge >= 0.3 is 6.09 Å². The fraction of sp³-hybridized carbons (Fsp3) is 0.611. The molecule has 0 aliphatic carbocycles. The maximum atomic E-state index is 11.7. The third-order valence-corrected chi connectivity index (χ3v) is 3.65. The minimum absolute atomic E-state index is 0.390. The number of hydrogen-bond acceptors (Lipinski definition) is 3. The van der Waals surface area contributed by atoms with Gasteiger partial charge in [-0.25, -0.2) is 4.79 Å². The average Bonchev–Trinajstić information content (AvgIpc) is 2.42. The zero-order chi connectivity index (χ0) is 16.8. The number of alkyl carbamates (subject to hydrolysis) is 1. The van der Waals surface area contributed by atoms with E-state index >= 15 is 0 Å². The Morgan fingerprint density at radius 3 is 2.55 bits per heavy atom. The number of anilines is 1. The number of nitrogens with one attached hydrogen (secondary N) is 2. The molecular weight excluding hydrogens is 276 g/mol. The van der Waals surface area contributed by atoms with Crippen LogP contribution in [0.15, 0.2) is 24.3 Å². The molecule has 0 aliphatic heterocycles. The minimum atomic E-state index is -0.473. The first-order valence-electron chi connectivity index (χ1n) is 8.03. The van der Waals surface area contributed by atoms with E-state index in [1.807, 2.05) is 32.9 Å². The second-order valence-electron chi connectivity index (χ2n) is 6.87. The number of benzene rings is 1. The molecule has 0 aromatic heterocycles. The largest absolute Gasteiger partial charge is 0.444 e. The number of hydrogen-bond donors (Lipinski definition) is 2. The van der Waals surface area contributed by atoms with Crippen molar-refractivity contribution in [2.75, 3.05) is 5.32 Å². The molecule has 0 spiro atoms. The van der Waals surface area contributed by atoms with Gasteiger partial charge < -0.3 is 15.4 Å². The van der Waals surface area contributed by atoms with Crippen LogP contribution < -0.4 is 10.6 Å². The molecule has 1 rings (SSSR count). The number of ether oxygens (including phenoxy) is 1. The van der Waals surface area contributed by atoms with E-state index in [-0.39, 0.29) is 6.09 Å². The van der Waals surface area contributed by atoms with Crippen molar-refractivity contribution in [2.45, 2.75) is 66.2 Å². The highest BCUT2D eigenvalue weighted by Crippen LogP contribution is 2.16. The zero-order valence-electron chi connectivity index (χ0n) is 14.7. The summed E-state index contributed by atoms with van der Waals surface area (Å²) in [5.41, 5.74) is 1.66. The van der Waals surface area contributed by atoms with Crippen LogP contribution in [0, 0.1) is 5.92 Å². The van der Waals surface area contributed by atoms with Crippen LogP contribution in [-0.4, -0.2) is 17.7 Å². The van der Waals surface area contributed by atoms with Gasteiger partial charge in [0.1, 0.15) is 5.60 Å². The molecule has 0 bridgehead atoms. The molecule has 124 valence electrons. The molecule has 0 radical (unpaired) electrons. The first-order chi connectivity index (χ1) is 10.2. The van der Waals surface area contributed by atoms with Gasteiger partial charge in [-0.05, 0) is 51.3 Å². The molecule has 1 amide bonds. The molecule has 0 saturated carbocycles. The zero-order valence-corrected chi connectivity index (χ0v) is 14.7. The number of carbonyl (C=O) groups excluding carboxylic acids is 1. The molecule has 1 aromatic carbocycles. The van der Waals surface area contributed by atoms with Crippen LogP contribution in [0.1, 0.15) is 53.5 Å². The first-order valence-corrected chi connectivity index (χ1v) is 8.03. The predicted molar refractivity (Wildman–Crippen MR) is 92.1 cm³/mol. The SMILES string of the molecule is CCC(C)C(C)Nc1cccc(CNC(=O)OC(C)(C)C)c1. The van der Waals surface area contributed by atoms with Gasteiger partial charge in [-0.1, -0.05) is 32.4 Å². The van der Waals surface area contributed by atoms with Crippen LogP contribution in [0.25, 0.3) is 0 Å². The molecule has 1 aromatic rings. The quantitative estimate of drug-likeness (QED) is 0.810. The van der Waals surface area contributed by atoms with Crippen molar-refractivity contribution in [2.24, 2.45) is 5.92 Å². The number of amides is 1. The van der Waals surface area contributed by atoms with Gasteiger partial charge in [-0.2, -0.15) is 0 Å². The van der Waals surface area contributed by atoms with Crippen LogP contribution in [0.5, 0.6) is 0 Å². The lowest BCUT2D eigenvalue weighted by molar-refractivity contribution is 0.0523. The summed E-state index contributed by atoms with van der Waals surface area (Å²) in [6.45, 7) is 12.7. The standard InChI is InChI=1S/C18H30N2O2/c1-7-13(2)14(3)20-16-10-8-9-15(11-16)12-19-17(21)22-18(4,5)6/h8-11,13-14,20H,7,12H2,1-6H3,(H,19,21). The summed E-state index contributed by atoms with van der Waals surface area (Å²) in [5, 5.41) is 6.30. The van der Waals surface area contributed by atoms with Gasteiger partial charge in [0.2, 0.25) is 0 Å². The third kappa shape index (κ3) is 6.83. The summed E-state index contributed by atoms with van der Waals surface area (Å²) in [6.07, 6.45) is 0.757. The van der Waals surface area contributed by atoms with Crippen molar-refractivity contribution < 1.29 is 9.53 Å². The van der Waals surface area contributed by atoms with Crippen molar-refractivity contribution in [3.63, 3.8) is 0 Å². The molecule has 4 nitrogen and oxygen atoms in total. The van der Waals surface area contributed by atoms with Crippen molar-refractivity contribution in [3.05, 3.63) is 29.8 Å². The van der Waals surface area contributed by atoms with E-state index in [9.17, 15) is 4.79 Å². The smallest absolute Gasteiger partial charge is 0.407 e. The van der Waals surface area contributed by atoms with Gasteiger partial charge in [0.05, 0.1) is 0 Å². The molecule has 2 unspecified atom stereocenters. The average molecular weight is 306 g/mol. The second kappa shape index (κ2) is 8.06. The van der Waals surface area contributed by atoms with Gasteiger partial charge in [-0.3, -0.25) is 0 Å². The molecule has 4 heteroatoms. The Labute approximate surface area is 134 Å². The molecule has 0 fully saturated rings. The predicted octanol–water partition coefficient (Wildman–Crippen LogP) is 4.56. The van der Waals surface area contributed by atoms with Crippen LogP contribution in [0.2, 0.25) is 0 Å². The molecule has 2 N–H and O–H groups in total. The van der Waals surface area contributed by atoms with Crippen LogP contribution in [-0.2, 0) is 11.3 Å². The summed E-state index contributed by atoms with van der Waals surface area (Å²) in [4.78, 5) is 11.7. The lowest BCUT2D eigenvalue weighted by Crippen LogP contribution is -2.32. The van der Waals surface area contributed by atoms with E-state index in [0.717, 1.165) is 17.7 Å². The highest BCUT2D eigenvalue weighted by atomic mass is 16.6. The summed E-state index contributed by atoms with van der Waals surface area (Å²) in [7, 11) is 0. The van der Waals surface area contributed by atoms with Crippen LogP contribution >= 0.6 is 0 Å². The highest BCUT2D eigenvalue weighted by molar-refractivity contribution is 5.67. The van der Waals surface area contributed by atoms with Crippen molar-refractivity contribution in [3.8, 4) is 0 Å². The Balaban J connectivity index is 2.56. The monoisotopic (exact) mass is 306 g/mol. The van der Waals surface area contributed by atoms with E-state index in [0.29, 0.717) is 18.5 Å². The molecule has 0 saturated heterocycles. The molecule has 0 aliphatic rings. The van der Waals surface area contributed by atoms with Gasteiger partial charge in [0.25, 0.3) is 0 Å². The highest BCUT2D eigenvalue weighted by Gasteiger charge is 2.15. The minimum Gasteiger partial charge on any atom is -0.444 e. The number of rotatable bonds is 6. The number of carbonyl (C=O) groups is 1. The van der Waals surface area contributed by atoms with Crippen molar-refractivity contribution in [1.82, 2.24) is 5.32 Å². The Hall–Kier alpha value is -1.71. The summed E-state index contributed by atoms with van der Waals surface area (Å²) < 4.78 is 5.23. The van der Waals surface area contributed by atoms with E-state index in [4.69, 9.17) is 4.74 Å². The van der Waals surface area contributed by atoms with Gasteiger partial charge in [0, 0.05) is 18.3 Å². The van der Waals surface area contributed by atoms with E-state index in [1.54, 1.807) is 0 Å². The Morgan fingerprint density at radius 1 is 1.27 bits per heavy atom. The Bertz CT molecular complexity index is 480. The van der Waals surface area contributed by atoms with Crippen molar-refractivity contribution >= 4 is 11.8 Å². The maximum absolute atomic E-state index is 11.7. The van der Waals surface area contributed by atoms with Gasteiger partial charge in [-0.15, -0.1) is 0 Å². The van der Waals surface area contributed by atoms with Crippen LogP contribution in [0.4, 0.5) is 10.5 Å². The lowest BCUT2D eigenvalue weighted by atomic mass is 10.0. The Morgan fingerprint density at radius 2 is 1.95 bits per heavy atom. The topological polar surface area (TPSA) is 50.4 Å². The molecule has 0 heterocycles. The fourth-order valence-electron chi connectivity index (χ4n) is 2.02. The van der Waals surface area contributed by atoms with E-state index in [2.05, 4.69) is 43.5 Å². The lowest BCUT2D eigenvalue weighted by Gasteiger charge is -2.22. The maximum Gasteiger partial charge on any atom is 0.407 e. The summed E-state index contributed by atoms with van der Waals surface area (Å²) in [6, 6.07) is 8.53. The van der Waals surface area contributed by atoms with E-state index in [1.165, 1.54) is 0 Å². The fourth-order valence-corrected chi connectivity index (χ4v) is 2.02.